The van der Waals surface area contributed by atoms with Crippen LogP contribution in [0.2, 0.25) is 0 Å². The van der Waals surface area contributed by atoms with Crippen molar-refractivity contribution in [2.75, 3.05) is 13.7 Å². The first-order valence-corrected chi connectivity index (χ1v) is 6.95. The Morgan fingerprint density at radius 3 is 2.55 bits per heavy atom. The minimum atomic E-state index is -0.0349. The monoisotopic (exact) mass is 278 g/mol. The van der Waals surface area contributed by atoms with Crippen molar-refractivity contribution in [1.82, 2.24) is 5.32 Å². The van der Waals surface area contributed by atoms with E-state index in [4.69, 9.17) is 10.5 Å². The number of nitrogens with two attached hydrogens (primary N) is 1. The lowest BCUT2D eigenvalue weighted by Crippen LogP contribution is -2.38. The molecule has 1 rings (SSSR count). The molecule has 0 aromatic heterocycles. The van der Waals surface area contributed by atoms with Crippen LogP contribution in [0.15, 0.2) is 18.2 Å². The van der Waals surface area contributed by atoms with Gasteiger partial charge in [0, 0.05) is 18.2 Å². The molecule has 0 saturated heterocycles. The van der Waals surface area contributed by atoms with Crippen molar-refractivity contribution < 1.29 is 9.53 Å². The first kappa shape index (κ1) is 16.5. The third kappa shape index (κ3) is 4.23. The van der Waals surface area contributed by atoms with Gasteiger partial charge in [-0.1, -0.05) is 39.0 Å². The van der Waals surface area contributed by atoms with E-state index in [-0.39, 0.29) is 17.4 Å². The Morgan fingerprint density at radius 1 is 1.40 bits per heavy atom. The summed E-state index contributed by atoms with van der Waals surface area (Å²) < 4.78 is 5.53. The molecule has 1 amide bonds. The smallest absolute Gasteiger partial charge is 0.224 e. The molecule has 0 spiro atoms. The van der Waals surface area contributed by atoms with E-state index in [0.717, 1.165) is 16.9 Å². The lowest BCUT2D eigenvalue weighted by Gasteiger charge is -2.24. The zero-order valence-electron chi connectivity index (χ0n) is 13.1. The average molecular weight is 278 g/mol. The second-order valence-electron chi connectivity index (χ2n) is 6.13. The molecule has 1 aromatic carbocycles. The van der Waals surface area contributed by atoms with Gasteiger partial charge in [-0.15, -0.1) is 0 Å². The molecular weight excluding hydrogens is 252 g/mol. The summed E-state index contributed by atoms with van der Waals surface area (Å²) in [6.45, 7) is 8.72. The van der Waals surface area contributed by atoms with E-state index in [2.05, 4.69) is 26.1 Å². The van der Waals surface area contributed by atoms with Gasteiger partial charge in [0.2, 0.25) is 5.91 Å². The second-order valence-corrected chi connectivity index (χ2v) is 6.13. The second kappa shape index (κ2) is 6.75. The van der Waals surface area contributed by atoms with E-state index >= 15 is 0 Å². The van der Waals surface area contributed by atoms with Crippen molar-refractivity contribution in [3.05, 3.63) is 29.3 Å². The summed E-state index contributed by atoms with van der Waals surface area (Å²) in [4.78, 5) is 12.0. The summed E-state index contributed by atoms with van der Waals surface area (Å²) in [7, 11) is 1.65. The summed E-state index contributed by atoms with van der Waals surface area (Å²) in [5.41, 5.74) is 7.50. The summed E-state index contributed by atoms with van der Waals surface area (Å²) in [6, 6.07) is 5.93. The Balaban J connectivity index is 2.99. The fourth-order valence-electron chi connectivity index (χ4n) is 2.11. The van der Waals surface area contributed by atoms with Crippen LogP contribution >= 0.6 is 0 Å². The van der Waals surface area contributed by atoms with Crippen molar-refractivity contribution in [3.63, 3.8) is 0 Å². The van der Waals surface area contributed by atoms with Gasteiger partial charge in [-0.3, -0.25) is 4.79 Å². The van der Waals surface area contributed by atoms with Crippen molar-refractivity contribution in [1.29, 1.82) is 0 Å². The van der Waals surface area contributed by atoms with Crippen LogP contribution in [-0.4, -0.2) is 25.6 Å². The van der Waals surface area contributed by atoms with Crippen molar-refractivity contribution >= 4 is 5.91 Å². The quantitative estimate of drug-likeness (QED) is 0.866. The largest absolute Gasteiger partial charge is 0.496 e. The van der Waals surface area contributed by atoms with Crippen LogP contribution in [0.5, 0.6) is 5.75 Å². The SMILES string of the molecule is COc1c(CC(=O)NC(C)CN)cccc1C(C)(C)C. The summed E-state index contributed by atoms with van der Waals surface area (Å²) >= 11 is 0. The van der Waals surface area contributed by atoms with E-state index in [9.17, 15) is 4.79 Å². The maximum Gasteiger partial charge on any atom is 0.224 e. The molecule has 4 nitrogen and oxygen atoms in total. The minimum absolute atomic E-state index is 0.0145. The highest BCUT2D eigenvalue weighted by Gasteiger charge is 2.21. The molecule has 4 heteroatoms. The van der Waals surface area contributed by atoms with Crippen LogP contribution in [-0.2, 0) is 16.6 Å². The fourth-order valence-corrected chi connectivity index (χ4v) is 2.11. The predicted molar refractivity (Wildman–Crippen MR) is 82.1 cm³/mol. The number of rotatable bonds is 5. The Morgan fingerprint density at radius 2 is 2.05 bits per heavy atom. The molecule has 20 heavy (non-hydrogen) atoms. The number of methoxy groups -OCH3 is 1. The number of carbonyl (C=O) groups excluding carboxylic acids is 1. The van der Waals surface area contributed by atoms with Crippen molar-refractivity contribution in [3.8, 4) is 5.75 Å². The fraction of sp³-hybridized carbons (Fsp3) is 0.562. The highest BCUT2D eigenvalue weighted by molar-refractivity contribution is 5.79. The maximum atomic E-state index is 12.0. The highest BCUT2D eigenvalue weighted by Crippen LogP contribution is 2.34. The number of amides is 1. The molecule has 1 atom stereocenters. The van der Waals surface area contributed by atoms with E-state index in [1.165, 1.54) is 0 Å². The zero-order valence-corrected chi connectivity index (χ0v) is 13.1. The molecule has 0 aliphatic rings. The summed E-state index contributed by atoms with van der Waals surface area (Å²) in [6.07, 6.45) is 0.303. The van der Waals surface area contributed by atoms with Crippen molar-refractivity contribution in [2.45, 2.75) is 45.6 Å². The third-order valence-electron chi connectivity index (χ3n) is 3.22. The molecule has 1 aromatic rings. The number of benzene rings is 1. The van der Waals surface area contributed by atoms with E-state index in [0.29, 0.717) is 13.0 Å². The van der Waals surface area contributed by atoms with Crippen molar-refractivity contribution in [2.24, 2.45) is 5.73 Å². The molecule has 0 saturated carbocycles. The number of carbonyl (C=O) groups is 1. The van der Waals surface area contributed by atoms with E-state index in [1.54, 1.807) is 7.11 Å². The molecule has 0 radical (unpaired) electrons. The van der Waals surface area contributed by atoms with Gasteiger partial charge in [0.25, 0.3) is 0 Å². The van der Waals surface area contributed by atoms with Crippen LogP contribution in [0.1, 0.15) is 38.8 Å². The lowest BCUT2D eigenvalue weighted by atomic mass is 9.85. The van der Waals surface area contributed by atoms with Gasteiger partial charge in [-0.25, -0.2) is 0 Å². The number of nitrogens with one attached hydrogen (secondary N) is 1. The van der Waals surface area contributed by atoms with Crippen LogP contribution in [0.3, 0.4) is 0 Å². The summed E-state index contributed by atoms with van der Waals surface area (Å²) in [5.74, 6) is 0.767. The number of hydrogen-bond donors (Lipinski definition) is 2. The molecular formula is C16H26N2O2. The molecule has 0 bridgehead atoms. The van der Waals surface area contributed by atoms with Gasteiger partial charge in [0.15, 0.2) is 0 Å². The Hall–Kier alpha value is -1.55. The number of para-hydroxylation sites is 1. The average Bonchev–Trinajstić information content (AvgIpc) is 2.37. The molecule has 0 heterocycles. The number of ether oxygens (including phenoxy) is 1. The Kier molecular flexibility index (Phi) is 5.57. The maximum absolute atomic E-state index is 12.0. The number of hydrogen-bond acceptors (Lipinski definition) is 3. The predicted octanol–water partition coefficient (Wildman–Crippen LogP) is 2.00. The summed E-state index contributed by atoms with van der Waals surface area (Å²) in [5, 5.41) is 2.87. The Bertz CT molecular complexity index is 464. The van der Waals surface area contributed by atoms with Gasteiger partial charge in [0.1, 0.15) is 5.75 Å². The van der Waals surface area contributed by atoms with Crippen LogP contribution in [0.25, 0.3) is 0 Å². The lowest BCUT2D eigenvalue weighted by molar-refractivity contribution is -0.121. The first-order chi connectivity index (χ1) is 9.29. The minimum Gasteiger partial charge on any atom is -0.496 e. The van der Waals surface area contributed by atoms with E-state index in [1.807, 2.05) is 25.1 Å². The third-order valence-corrected chi connectivity index (χ3v) is 3.22. The molecule has 1 unspecified atom stereocenters. The molecule has 0 fully saturated rings. The van der Waals surface area contributed by atoms with Crippen LogP contribution in [0, 0.1) is 0 Å². The molecule has 3 N–H and O–H groups in total. The molecule has 0 aliphatic heterocycles. The standard InChI is InChI=1S/C16H26N2O2/c1-11(10-17)18-14(19)9-12-7-6-8-13(15(12)20-5)16(2,3)4/h6-8,11H,9-10,17H2,1-5H3,(H,18,19). The van der Waals surface area contributed by atoms with Crippen LogP contribution in [0.4, 0.5) is 0 Å². The van der Waals surface area contributed by atoms with Gasteiger partial charge in [-0.2, -0.15) is 0 Å². The van der Waals surface area contributed by atoms with Gasteiger partial charge < -0.3 is 15.8 Å². The van der Waals surface area contributed by atoms with Gasteiger partial charge >= 0.3 is 0 Å². The topological polar surface area (TPSA) is 64.3 Å². The normalized spacial score (nSPS) is 12.9. The molecule has 112 valence electrons. The highest BCUT2D eigenvalue weighted by atomic mass is 16.5. The first-order valence-electron chi connectivity index (χ1n) is 6.95. The zero-order chi connectivity index (χ0) is 15.3. The van der Waals surface area contributed by atoms with E-state index < -0.39 is 0 Å². The van der Waals surface area contributed by atoms with Gasteiger partial charge in [-0.05, 0) is 17.9 Å². The van der Waals surface area contributed by atoms with Gasteiger partial charge in [0.05, 0.1) is 13.5 Å². The van der Waals surface area contributed by atoms with Crippen LogP contribution < -0.4 is 15.8 Å². The molecule has 0 aliphatic carbocycles. The Labute approximate surface area is 121 Å².